The van der Waals surface area contributed by atoms with Gasteiger partial charge in [-0.2, -0.15) is 11.8 Å². The summed E-state index contributed by atoms with van der Waals surface area (Å²) in [6, 6.07) is 4.05. The average molecular weight is 462 g/mol. The van der Waals surface area contributed by atoms with Crippen molar-refractivity contribution in [3.63, 3.8) is 0 Å². The molecule has 0 saturated carbocycles. The van der Waals surface area contributed by atoms with Crippen LogP contribution < -0.4 is 17.2 Å². The molecule has 31 heavy (non-hydrogen) atoms. The van der Waals surface area contributed by atoms with Gasteiger partial charge in [-0.15, -0.1) is 0 Å². The Balaban J connectivity index is 0. The molecule has 0 aromatic heterocycles. The molecule has 0 aliphatic heterocycles. The van der Waals surface area contributed by atoms with Crippen molar-refractivity contribution in [2.24, 2.45) is 23.1 Å². The molecule has 1 rings (SSSR count). The summed E-state index contributed by atoms with van der Waals surface area (Å²) < 4.78 is 0. The predicted octanol–water partition coefficient (Wildman–Crippen LogP) is 0.942. The number of hydrogen-bond acceptors (Lipinski definition) is 8. The van der Waals surface area contributed by atoms with E-state index in [0.717, 1.165) is 11.3 Å². The van der Waals surface area contributed by atoms with Gasteiger partial charge < -0.3 is 37.6 Å². The molecule has 11 heteroatoms. The van der Waals surface area contributed by atoms with Crippen LogP contribution in [0.25, 0.3) is 0 Å². The maximum Gasteiger partial charge on any atom is 0.320 e. The van der Waals surface area contributed by atoms with Crippen LogP contribution in [0.1, 0.15) is 32.3 Å². The number of phenolic OH excluding ortho intramolecular Hbond substituents is 1. The van der Waals surface area contributed by atoms with Gasteiger partial charge in [0.05, 0.1) is 0 Å². The quantitative estimate of drug-likeness (QED) is 0.260. The third-order valence-corrected chi connectivity index (χ3v) is 4.35. The summed E-state index contributed by atoms with van der Waals surface area (Å²) in [6.45, 7) is 3.89. The molecule has 0 saturated heterocycles. The molecule has 10 N–H and O–H groups in total. The molecule has 3 atom stereocenters. The van der Waals surface area contributed by atoms with Gasteiger partial charge in [-0.05, 0) is 54.9 Å². The van der Waals surface area contributed by atoms with E-state index in [1.165, 1.54) is 12.1 Å². The second-order valence-electron chi connectivity index (χ2n) is 7.12. The molecule has 0 radical (unpaired) electrons. The molecule has 0 bridgehead atoms. The van der Waals surface area contributed by atoms with Gasteiger partial charge in [0, 0.05) is 0 Å². The lowest BCUT2D eigenvalue weighted by molar-refractivity contribution is -0.139. The number of phenols is 1. The summed E-state index contributed by atoms with van der Waals surface area (Å²) in [5.74, 6) is -1.52. The lowest BCUT2D eigenvalue weighted by Gasteiger charge is -2.07. The Morgan fingerprint density at radius 2 is 1.32 bits per heavy atom. The number of rotatable bonds is 10. The minimum atomic E-state index is -1.02. The van der Waals surface area contributed by atoms with E-state index >= 15 is 0 Å². The van der Waals surface area contributed by atoms with Gasteiger partial charge in [0.1, 0.15) is 23.9 Å². The second kappa shape index (κ2) is 17.4. The van der Waals surface area contributed by atoms with Crippen molar-refractivity contribution in [2.45, 2.75) is 51.2 Å². The number of thioether (sulfide) groups is 1. The molecule has 0 aliphatic carbocycles. The fourth-order valence-corrected chi connectivity index (χ4v) is 2.44. The molecular formula is C20H35N3O7S. The summed E-state index contributed by atoms with van der Waals surface area (Å²) in [7, 11) is 0. The first-order valence-electron chi connectivity index (χ1n) is 9.53. The highest BCUT2D eigenvalue weighted by molar-refractivity contribution is 7.98. The normalized spacial score (nSPS) is 13.0. The van der Waals surface area contributed by atoms with E-state index < -0.39 is 36.0 Å². The molecule has 0 heterocycles. The monoisotopic (exact) mass is 461 g/mol. The summed E-state index contributed by atoms with van der Waals surface area (Å²) >= 11 is 1.60. The Labute approximate surface area is 186 Å². The highest BCUT2D eigenvalue weighted by Gasteiger charge is 2.12. The summed E-state index contributed by atoms with van der Waals surface area (Å²) in [4.78, 5) is 30.6. The van der Waals surface area contributed by atoms with Crippen molar-refractivity contribution >= 4 is 29.7 Å². The first-order valence-corrected chi connectivity index (χ1v) is 10.9. The Bertz CT molecular complexity index is 657. The minimum Gasteiger partial charge on any atom is -0.508 e. The van der Waals surface area contributed by atoms with Crippen molar-refractivity contribution in [3.8, 4) is 5.75 Å². The fraction of sp³-hybridized carbons (Fsp3) is 0.550. The van der Waals surface area contributed by atoms with E-state index in [0.29, 0.717) is 18.8 Å². The van der Waals surface area contributed by atoms with Crippen LogP contribution in [0.3, 0.4) is 0 Å². The molecule has 1 aromatic carbocycles. The maximum atomic E-state index is 10.4. The maximum absolute atomic E-state index is 10.4. The van der Waals surface area contributed by atoms with Crippen LogP contribution in [0.5, 0.6) is 5.75 Å². The standard InChI is InChI=1S/C9H11NO3.C6H13NO2.C5H11NO2S/c10-8(9(12)13)5-6-1-3-7(11)4-2-6;1-4(2)3-5(7)6(8)9;1-9-3-2-4(6)5(7)8/h1-4,8,11H,5,10H2,(H,12,13);4-5H,3,7H2,1-2H3,(H,8,9);4H,2-3,6H2,1H3,(H,7,8)/t8-;5-;4-/m000/s1. The van der Waals surface area contributed by atoms with Crippen molar-refractivity contribution in [1.82, 2.24) is 0 Å². The summed E-state index contributed by atoms with van der Waals surface area (Å²) in [6.07, 6.45) is 3.30. The highest BCUT2D eigenvalue weighted by Crippen LogP contribution is 2.10. The highest BCUT2D eigenvalue weighted by atomic mass is 32.2. The van der Waals surface area contributed by atoms with E-state index in [-0.39, 0.29) is 12.2 Å². The SMILES string of the molecule is CC(C)C[C@H](N)C(=O)O.CSCC[C@H](N)C(=O)O.N[C@@H](Cc1ccc(O)cc1)C(=O)O. The van der Waals surface area contributed by atoms with Gasteiger partial charge in [0.15, 0.2) is 0 Å². The van der Waals surface area contributed by atoms with Gasteiger partial charge in [-0.25, -0.2) is 0 Å². The van der Waals surface area contributed by atoms with Gasteiger partial charge >= 0.3 is 17.9 Å². The van der Waals surface area contributed by atoms with Crippen molar-refractivity contribution < 1.29 is 34.8 Å². The van der Waals surface area contributed by atoms with Crippen LogP contribution in [0.15, 0.2) is 24.3 Å². The predicted molar refractivity (Wildman–Crippen MR) is 121 cm³/mol. The molecule has 0 aliphatic rings. The van der Waals surface area contributed by atoms with Crippen LogP contribution in [-0.4, -0.2) is 68.5 Å². The summed E-state index contributed by atoms with van der Waals surface area (Å²) in [5.41, 5.74) is 16.5. The number of carboxylic acid groups (broad SMARTS) is 3. The topological polar surface area (TPSA) is 210 Å². The van der Waals surface area contributed by atoms with Gasteiger partial charge in [0.25, 0.3) is 0 Å². The number of benzene rings is 1. The van der Waals surface area contributed by atoms with Gasteiger partial charge in [0.2, 0.25) is 0 Å². The number of aromatic hydroxyl groups is 1. The molecule has 0 amide bonds. The number of hydrogen-bond donors (Lipinski definition) is 7. The number of aliphatic carboxylic acids is 3. The molecular weight excluding hydrogens is 426 g/mol. The molecule has 0 unspecified atom stereocenters. The zero-order valence-electron chi connectivity index (χ0n) is 18.1. The Hall–Kier alpha value is -2.34. The second-order valence-corrected chi connectivity index (χ2v) is 8.10. The molecule has 0 spiro atoms. The van der Waals surface area contributed by atoms with E-state index in [4.69, 9.17) is 37.6 Å². The van der Waals surface area contributed by atoms with Gasteiger partial charge in [-0.3, -0.25) is 14.4 Å². The van der Waals surface area contributed by atoms with Crippen molar-refractivity contribution in [1.29, 1.82) is 0 Å². The number of carboxylic acids is 3. The van der Waals surface area contributed by atoms with Gasteiger partial charge in [-0.1, -0.05) is 26.0 Å². The third-order valence-electron chi connectivity index (χ3n) is 3.70. The largest absolute Gasteiger partial charge is 0.508 e. The average Bonchev–Trinajstić information content (AvgIpc) is 2.68. The van der Waals surface area contributed by atoms with E-state index in [9.17, 15) is 14.4 Å². The van der Waals surface area contributed by atoms with Crippen molar-refractivity contribution in [3.05, 3.63) is 29.8 Å². The molecule has 0 fully saturated rings. The zero-order chi connectivity index (χ0) is 24.6. The lowest BCUT2D eigenvalue weighted by Crippen LogP contribution is -2.32. The van der Waals surface area contributed by atoms with E-state index in [1.807, 2.05) is 20.1 Å². The third kappa shape index (κ3) is 18.2. The molecule has 1 aromatic rings. The van der Waals surface area contributed by atoms with Crippen LogP contribution >= 0.6 is 11.8 Å². The fourth-order valence-electron chi connectivity index (χ4n) is 1.95. The number of nitrogens with two attached hydrogens (primary N) is 3. The van der Waals surface area contributed by atoms with E-state index in [2.05, 4.69) is 0 Å². The summed E-state index contributed by atoms with van der Waals surface area (Å²) in [5, 5.41) is 34.1. The number of carbonyl (C=O) groups is 3. The van der Waals surface area contributed by atoms with Crippen LogP contribution in [0, 0.1) is 5.92 Å². The smallest absolute Gasteiger partial charge is 0.320 e. The Kier molecular flexibility index (Phi) is 17.3. The molecule has 178 valence electrons. The minimum absolute atomic E-state index is 0.160. The first kappa shape index (κ1) is 30.9. The lowest BCUT2D eigenvalue weighted by atomic mass is 10.1. The zero-order valence-corrected chi connectivity index (χ0v) is 18.9. The first-order chi connectivity index (χ1) is 14.3. The van der Waals surface area contributed by atoms with E-state index in [1.54, 1.807) is 23.9 Å². The van der Waals surface area contributed by atoms with Crippen molar-refractivity contribution in [2.75, 3.05) is 12.0 Å². The van der Waals surface area contributed by atoms with Crippen LogP contribution in [0.2, 0.25) is 0 Å². The van der Waals surface area contributed by atoms with Crippen LogP contribution in [0.4, 0.5) is 0 Å². The Morgan fingerprint density at radius 3 is 1.65 bits per heavy atom. The Morgan fingerprint density at radius 1 is 0.871 bits per heavy atom. The molecule has 10 nitrogen and oxygen atoms in total. The van der Waals surface area contributed by atoms with Crippen LogP contribution in [-0.2, 0) is 20.8 Å².